The van der Waals surface area contributed by atoms with Gasteiger partial charge in [-0.2, -0.15) is 5.10 Å². The highest BCUT2D eigenvalue weighted by atomic mass is 15.4. The fourth-order valence-corrected chi connectivity index (χ4v) is 2.49. The van der Waals surface area contributed by atoms with Crippen LogP contribution in [0.3, 0.4) is 0 Å². The van der Waals surface area contributed by atoms with Crippen molar-refractivity contribution in [3.8, 4) is 0 Å². The highest BCUT2D eigenvalue weighted by Gasteiger charge is 2.24. The van der Waals surface area contributed by atoms with Crippen LogP contribution >= 0.6 is 0 Å². The standard InChI is InChI=1S/C12H22N4/c1-4-15(5-2)10-12-9-14(3)8-11-6-7-13-16(11)12/h6-7,12H,4-5,8-10H2,1-3H3/t12-/m1/s1. The number of nitrogens with zero attached hydrogens (tertiary/aromatic N) is 4. The van der Waals surface area contributed by atoms with Crippen LogP contribution in [0.4, 0.5) is 0 Å². The largest absolute Gasteiger partial charge is 0.302 e. The van der Waals surface area contributed by atoms with E-state index in [1.54, 1.807) is 0 Å². The molecule has 0 bridgehead atoms. The van der Waals surface area contributed by atoms with Crippen LogP contribution in [0.5, 0.6) is 0 Å². The van der Waals surface area contributed by atoms with Crippen molar-refractivity contribution in [3.63, 3.8) is 0 Å². The maximum atomic E-state index is 4.46. The molecule has 16 heavy (non-hydrogen) atoms. The molecule has 0 N–H and O–H groups in total. The van der Waals surface area contributed by atoms with Crippen molar-refractivity contribution < 1.29 is 0 Å². The molecule has 0 unspecified atom stereocenters. The van der Waals surface area contributed by atoms with Crippen LogP contribution in [0.25, 0.3) is 0 Å². The Bertz CT molecular complexity index is 330. The van der Waals surface area contributed by atoms with Crippen LogP contribution in [0, 0.1) is 0 Å². The average Bonchev–Trinajstić information content (AvgIpc) is 2.73. The van der Waals surface area contributed by atoms with E-state index in [-0.39, 0.29) is 0 Å². The summed E-state index contributed by atoms with van der Waals surface area (Å²) in [6.45, 7) is 9.91. The minimum Gasteiger partial charge on any atom is -0.302 e. The molecule has 4 nitrogen and oxygen atoms in total. The number of likely N-dealkylation sites (N-methyl/N-ethyl adjacent to an activating group) is 2. The van der Waals surface area contributed by atoms with Gasteiger partial charge in [-0.25, -0.2) is 0 Å². The maximum Gasteiger partial charge on any atom is 0.0776 e. The Morgan fingerprint density at radius 3 is 2.88 bits per heavy atom. The summed E-state index contributed by atoms with van der Waals surface area (Å²) in [7, 11) is 2.19. The Balaban J connectivity index is 2.11. The molecule has 0 saturated heterocycles. The fraction of sp³-hybridized carbons (Fsp3) is 0.750. The lowest BCUT2D eigenvalue weighted by atomic mass is 10.2. The zero-order valence-corrected chi connectivity index (χ0v) is 10.6. The molecule has 1 aliphatic heterocycles. The molecule has 1 aliphatic rings. The zero-order chi connectivity index (χ0) is 11.5. The minimum absolute atomic E-state index is 0.503. The Hall–Kier alpha value is -0.870. The van der Waals surface area contributed by atoms with Gasteiger partial charge in [0.1, 0.15) is 0 Å². The normalized spacial score (nSPS) is 21.4. The Kier molecular flexibility index (Phi) is 3.61. The van der Waals surface area contributed by atoms with Gasteiger partial charge in [-0.1, -0.05) is 13.8 Å². The first-order valence-corrected chi connectivity index (χ1v) is 6.17. The predicted molar refractivity (Wildman–Crippen MR) is 65.4 cm³/mol. The highest BCUT2D eigenvalue weighted by Crippen LogP contribution is 2.19. The molecule has 0 spiro atoms. The molecule has 0 saturated carbocycles. The molecule has 0 fully saturated rings. The lowest BCUT2D eigenvalue weighted by Crippen LogP contribution is -2.41. The van der Waals surface area contributed by atoms with Gasteiger partial charge < -0.3 is 4.90 Å². The molecule has 2 heterocycles. The van der Waals surface area contributed by atoms with E-state index in [1.165, 1.54) is 5.69 Å². The SMILES string of the molecule is CCN(CC)C[C@H]1CN(C)Cc2ccnn21. The van der Waals surface area contributed by atoms with Gasteiger partial charge in [0.2, 0.25) is 0 Å². The molecule has 1 atom stereocenters. The van der Waals surface area contributed by atoms with Gasteiger partial charge in [0, 0.05) is 25.8 Å². The van der Waals surface area contributed by atoms with Gasteiger partial charge in [-0.15, -0.1) is 0 Å². The van der Waals surface area contributed by atoms with Gasteiger partial charge in [-0.3, -0.25) is 9.58 Å². The summed E-state index contributed by atoms with van der Waals surface area (Å²) in [6, 6.07) is 2.63. The van der Waals surface area contributed by atoms with Gasteiger partial charge in [0.15, 0.2) is 0 Å². The molecule has 1 aromatic heterocycles. The summed E-state index contributed by atoms with van der Waals surface area (Å²) in [5.41, 5.74) is 1.34. The summed E-state index contributed by atoms with van der Waals surface area (Å²) < 4.78 is 2.21. The molecule has 2 rings (SSSR count). The lowest BCUT2D eigenvalue weighted by Gasteiger charge is -2.34. The topological polar surface area (TPSA) is 24.3 Å². The maximum absolute atomic E-state index is 4.46. The Labute approximate surface area is 97.8 Å². The molecular formula is C12H22N4. The molecule has 0 aliphatic carbocycles. The summed E-state index contributed by atoms with van der Waals surface area (Å²) in [4.78, 5) is 4.85. The Morgan fingerprint density at radius 1 is 1.44 bits per heavy atom. The van der Waals surface area contributed by atoms with Gasteiger partial charge in [0.25, 0.3) is 0 Å². The average molecular weight is 222 g/mol. The van der Waals surface area contributed by atoms with E-state index in [2.05, 4.69) is 46.5 Å². The predicted octanol–water partition coefficient (Wildman–Crippen LogP) is 1.21. The zero-order valence-electron chi connectivity index (χ0n) is 10.6. The molecule has 0 aromatic carbocycles. The smallest absolute Gasteiger partial charge is 0.0776 e. The summed E-state index contributed by atoms with van der Waals surface area (Å²) in [6.07, 6.45) is 1.92. The number of fused-ring (bicyclic) bond motifs is 1. The van der Waals surface area contributed by atoms with Gasteiger partial charge >= 0.3 is 0 Å². The summed E-state index contributed by atoms with van der Waals surface area (Å²) >= 11 is 0. The summed E-state index contributed by atoms with van der Waals surface area (Å²) in [5, 5.41) is 4.46. The van der Waals surface area contributed by atoms with Crippen molar-refractivity contribution in [2.24, 2.45) is 0 Å². The second kappa shape index (κ2) is 4.97. The first-order valence-electron chi connectivity index (χ1n) is 6.17. The third-order valence-corrected chi connectivity index (χ3v) is 3.42. The molecule has 90 valence electrons. The first kappa shape index (κ1) is 11.6. The minimum atomic E-state index is 0.503. The van der Waals surface area contributed by atoms with E-state index in [0.717, 1.165) is 32.7 Å². The van der Waals surface area contributed by atoms with Crippen LogP contribution in [0.15, 0.2) is 12.3 Å². The van der Waals surface area contributed by atoms with E-state index in [9.17, 15) is 0 Å². The number of rotatable bonds is 4. The third-order valence-electron chi connectivity index (χ3n) is 3.42. The fourth-order valence-electron chi connectivity index (χ4n) is 2.49. The van der Waals surface area contributed by atoms with Crippen molar-refractivity contribution in [3.05, 3.63) is 18.0 Å². The van der Waals surface area contributed by atoms with E-state index >= 15 is 0 Å². The van der Waals surface area contributed by atoms with Crippen molar-refractivity contribution in [1.29, 1.82) is 0 Å². The molecule has 0 radical (unpaired) electrons. The van der Waals surface area contributed by atoms with Gasteiger partial charge in [-0.05, 0) is 26.2 Å². The third kappa shape index (κ3) is 2.28. The van der Waals surface area contributed by atoms with Gasteiger partial charge in [0.05, 0.1) is 11.7 Å². The van der Waals surface area contributed by atoms with Crippen molar-refractivity contribution in [1.82, 2.24) is 19.6 Å². The van der Waals surface area contributed by atoms with E-state index < -0.39 is 0 Å². The second-order valence-electron chi connectivity index (χ2n) is 4.60. The van der Waals surface area contributed by atoms with Crippen LogP contribution in [0.2, 0.25) is 0 Å². The van der Waals surface area contributed by atoms with E-state index in [0.29, 0.717) is 6.04 Å². The van der Waals surface area contributed by atoms with Crippen molar-refractivity contribution >= 4 is 0 Å². The monoisotopic (exact) mass is 222 g/mol. The van der Waals surface area contributed by atoms with Crippen LogP contribution in [-0.2, 0) is 6.54 Å². The number of hydrogen-bond donors (Lipinski definition) is 0. The van der Waals surface area contributed by atoms with E-state index in [4.69, 9.17) is 0 Å². The first-order chi connectivity index (χ1) is 7.74. The molecular weight excluding hydrogens is 200 g/mol. The summed E-state index contributed by atoms with van der Waals surface area (Å²) in [5.74, 6) is 0. The molecule has 0 amide bonds. The highest BCUT2D eigenvalue weighted by molar-refractivity contribution is 5.05. The number of hydrogen-bond acceptors (Lipinski definition) is 3. The van der Waals surface area contributed by atoms with Crippen molar-refractivity contribution in [2.45, 2.75) is 26.4 Å². The lowest BCUT2D eigenvalue weighted by molar-refractivity contribution is 0.160. The van der Waals surface area contributed by atoms with Crippen LogP contribution in [-0.4, -0.2) is 52.8 Å². The van der Waals surface area contributed by atoms with Crippen molar-refractivity contribution in [2.75, 3.05) is 33.2 Å². The Morgan fingerprint density at radius 2 is 2.19 bits per heavy atom. The second-order valence-corrected chi connectivity index (χ2v) is 4.60. The molecule has 1 aromatic rings. The quantitative estimate of drug-likeness (QED) is 0.765. The number of aromatic nitrogens is 2. The van der Waals surface area contributed by atoms with Crippen LogP contribution in [0.1, 0.15) is 25.6 Å². The molecule has 4 heteroatoms. The van der Waals surface area contributed by atoms with E-state index in [1.807, 2.05) is 6.20 Å². The van der Waals surface area contributed by atoms with Crippen LogP contribution < -0.4 is 0 Å².